The summed E-state index contributed by atoms with van der Waals surface area (Å²) in [5.41, 5.74) is -0.789. The molecular weight excluding hydrogens is 620 g/mol. The van der Waals surface area contributed by atoms with Crippen molar-refractivity contribution in [3.05, 3.63) is 12.7 Å². The quantitative estimate of drug-likeness (QED) is 0.158. The zero-order chi connectivity index (χ0) is 36.3. The Morgan fingerprint density at radius 1 is 0.980 bits per heavy atom. The van der Waals surface area contributed by atoms with Crippen LogP contribution < -0.4 is 0 Å². The standard InChI is InChI=1S/C40H62N2O7/c1-9-10-17-30(43)36(47)26-16-14-12-11-13-15-18-49-25-27(37(48)42-24-29-34(40(29,7)8)35(42)31(44)20-26)19-28(38(2,3)4)23-41-32(45)21-39(5,6)22-33(41)46/h9,26-29,34-35H,1,10-25H2,2-8H3/t26-,27+,28-,29+,34+,35-/m1/s1. The Morgan fingerprint density at radius 3 is 2.24 bits per heavy atom. The molecule has 0 aromatic heterocycles. The summed E-state index contributed by atoms with van der Waals surface area (Å²) in [6, 6.07) is -0.651. The third-order valence-corrected chi connectivity index (χ3v) is 12.1. The lowest BCUT2D eigenvalue weighted by atomic mass is 9.74. The molecular formula is C40H62N2O7. The Morgan fingerprint density at radius 2 is 1.61 bits per heavy atom. The molecule has 3 heterocycles. The molecule has 6 atom stereocenters. The van der Waals surface area contributed by atoms with Crippen molar-refractivity contribution in [2.24, 2.45) is 45.8 Å². The number of hydrogen-bond acceptors (Lipinski definition) is 7. The summed E-state index contributed by atoms with van der Waals surface area (Å²) in [6.07, 6.45) is 8.05. The second kappa shape index (κ2) is 15.7. The lowest BCUT2D eigenvalue weighted by molar-refractivity contribution is -0.154. The molecule has 4 fully saturated rings. The van der Waals surface area contributed by atoms with Crippen LogP contribution in [0.5, 0.6) is 0 Å². The molecule has 3 saturated heterocycles. The number of fused-ring (bicyclic) bond motifs is 3. The van der Waals surface area contributed by atoms with E-state index in [0.29, 0.717) is 45.3 Å². The third-order valence-electron chi connectivity index (χ3n) is 12.1. The highest BCUT2D eigenvalue weighted by atomic mass is 16.5. The fourth-order valence-electron chi connectivity index (χ4n) is 8.66. The summed E-state index contributed by atoms with van der Waals surface area (Å²) in [4.78, 5) is 84.7. The number of rotatable bonds is 9. The zero-order valence-corrected chi connectivity index (χ0v) is 31.3. The number of carbonyl (C=O) groups excluding carboxylic acids is 6. The average molecular weight is 683 g/mol. The third kappa shape index (κ3) is 9.36. The lowest BCUT2D eigenvalue weighted by Crippen LogP contribution is -2.51. The van der Waals surface area contributed by atoms with Gasteiger partial charge in [-0.3, -0.25) is 33.7 Å². The van der Waals surface area contributed by atoms with Gasteiger partial charge in [-0.1, -0.05) is 80.2 Å². The summed E-state index contributed by atoms with van der Waals surface area (Å²) < 4.78 is 6.18. The van der Waals surface area contributed by atoms with E-state index < -0.39 is 29.4 Å². The van der Waals surface area contributed by atoms with Gasteiger partial charge in [-0.25, -0.2) is 0 Å². The van der Waals surface area contributed by atoms with Gasteiger partial charge in [0, 0.05) is 51.3 Å². The first-order valence-electron chi connectivity index (χ1n) is 18.8. The first kappa shape index (κ1) is 39.1. The van der Waals surface area contributed by atoms with Crippen molar-refractivity contribution >= 4 is 35.1 Å². The van der Waals surface area contributed by atoms with Gasteiger partial charge in [0.05, 0.1) is 18.6 Å². The van der Waals surface area contributed by atoms with Gasteiger partial charge in [0.25, 0.3) is 0 Å². The van der Waals surface area contributed by atoms with Gasteiger partial charge in [0.1, 0.15) is 0 Å². The molecule has 0 spiro atoms. The average Bonchev–Trinajstić information content (AvgIpc) is 3.31. The summed E-state index contributed by atoms with van der Waals surface area (Å²) in [5.74, 6) is -2.74. The zero-order valence-electron chi connectivity index (χ0n) is 31.3. The van der Waals surface area contributed by atoms with Crippen molar-refractivity contribution in [3.63, 3.8) is 0 Å². The predicted octanol–water partition coefficient (Wildman–Crippen LogP) is 6.36. The molecule has 0 aromatic carbocycles. The van der Waals surface area contributed by atoms with Crippen molar-refractivity contribution < 1.29 is 33.5 Å². The molecule has 3 amide bonds. The SMILES string of the molecule is C=CCCC(=O)C(=O)[C@@H]1CCCCCCCOC[C@H](C[C@H](CN2C(=O)CC(C)(C)CC2=O)C(C)(C)C)C(=O)N2C[C@H]3[C@@H]([C@H]2C(=O)C1)C3(C)C. The van der Waals surface area contributed by atoms with E-state index in [9.17, 15) is 28.8 Å². The number of nitrogens with zero attached hydrogens (tertiary/aromatic N) is 2. The molecule has 4 aliphatic rings. The molecule has 274 valence electrons. The Kier molecular flexibility index (Phi) is 12.5. The fraction of sp³-hybridized carbons (Fsp3) is 0.800. The molecule has 1 aliphatic carbocycles. The largest absolute Gasteiger partial charge is 0.381 e. The normalized spacial score (nSPS) is 30.4. The van der Waals surface area contributed by atoms with Crippen LogP contribution in [0, 0.1) is 45.8 Å². The van der Waals surface area contributed by atoms with E-state index in [0.717, 1.165) is 32.1 Å². The molecule has 1 saturated carbocycles. The van der Waals surface area contributed by atoms with Gasteiger partial charge in [-0.05, 0) is 59.7 Å². The predicted molar refractivity (Wildman–Crippen MR) is 188 cm³/mol. The van der Waals surface area contributed by atoms with E-state index in [4.69, 9.17) is 4.74 Å². The second-order valence-electron chi connectivity index (χ2n) is 17.9. The van der Waals surface area contributed by atoms with Crippen molar-refractivity contribution in [2.75, 3.05) is 26.3 Å². The van der Waals surface area contributed by atoms with Crippen LogP contribution in [-0.4, -0.2) is 77.2 Å². The molecule has 0 N–H and O–H groups in total. The Hall–Kier alpha value is -2.68. The topological polar surface area (TPSA) is 118 Å². The van der Waals surface area contributed by atoms with E-state index >= 15 is 0 Å². The minimum atomic E-state index is -0.676. The van der Waals surface area contributed by atoms with Crippen molar-refractivity contribution in [3.8, 4) is 0 Å². The molecule has 0 radical (unpaired) electrons. The van der Waals surface area contributed by atoms with Gasteiger partial charge < -0.3 is 9.64 Å². The Balaban J connectivity index is 1.61. The maximum absolute atomic E-state index is 14.7. The molecule has 9 nitrogen and oxygen atoms in total. The number of imide groups is 1. The summed E-state index contributed by atoms with van der Waals surface area (Å²) in [7, 11) is 0. The minimum absolute atomic E-state index is 0.00183. The van der Waals surface area contributed by atoms with Crippen LogP contribution in [-0.2, 0) is 33.5 Å². The number of carbonyl (C=O) groups is 6. The number of Topliss-reactive ketones (excluding diaryl/α,β-unsaturated/α-hetero) is 3. The van der Waals surface area contributed by atoms with Crippen LogP contribution in [0.2, 0.25) is 0 Å². The highest BCUT2D eigenvalue weighted by molar-refractivity contribution is 6.38. The van der Waals surface area contributed by atoms with E-state index in [1.165, 1.54) is 4.90 Å². The van der Waals surface area contributed by atoms with Crippen LogP contribution in [0.4, 0.5) is 0 Å². The number of piperidine rings is 2. The van der Waals surface area contributed by atoms with Crippen molar-refractivity contribution in [1.29, 1.82) is 0 Å². The van der Waals surface area contributed by atoms with E-state index in [2.05, 4.69) is 41.2 Å². The Labute approximate surface area is 294 Å². The first-order chi connectivity index (χ1) is 22.9. The molecule has 0 bridgehead atoms. The lowest BCUT2D eigenvalue weighted by Gasteiger charge is -2.41. The maximum atomic E-state index is 14.7. The van der Waals surface area contributed by atoms with Crippen LogP contribution in [0.25, 0.3) is 0 Å². The molecule has 0 aromatic rings. The van der Waals surface area contributed by atoms with Crippen LogP contribution in [0.3, 0.4) is 0 Å². The van der Waals surface area contributed by atoms with E-state index in [-0.39, 0.29) is 83.5 Å². The van der Waals surface area contributed by atoms with E-state index in [1.54, 1.807) is 11.0 Å². The van der Waals surface area contributed by atoms with Crippen LogP contribution in [0.1, 0.15) is 126 Å². The Bertz CT molecular complexity index is 1270. The van der Waals surface area contributed by atoms with Crippen LogP contribution >= 0.6 is 0 Å². The van der Waals surface area contributed by atoms with Gasteiger partial charge in [-0.15, -0.1) is 6.58 Å². The number of ether oxygens (including phenoxy) is 1. The summed E-state index contributed by atoms with van der Waals surface area (Å²) >= 11 is 0. The number of amides is 3. The number of hydrogen-bond donors (Lipinski definition) is 0. The number of likely N-dealkylation sites (tertiary alicyclic amines) is 1. The molecule has 49 heavy (non-hydrogen) atoms. The molecule has 4 rings (SSSR count). The van der Waals surface area contributed by atoms with Crippen LogP contribution in [0.15, 0.2) is 12.7 Å². The van der Waals surface area contributed by atoms with E-state index in [1.807, 2.05) is 13.8 Å². The molecule has 3 aliphatic heterocycles. The first-order valence-corrected chi connectivity index (χ1v) is 18.8. The number of allylic oxidation sites excluding steroid dienone is 1. The number of ketones is 3. The fourth-order valence-corrected chi connectivity index (χ4v) is 8.66. The van der Waals surface area contributed by atoms with Crippen molar-refractivity contribution in [2.45, 2.75) is 132 Å². The second-order valence-corrected chi connectivity index (χ2v) is 17.9. The van der Waals surface area contributed by atoms with Gasteiger partial charge in [-0.2, -0.15) is 0 Å². The highest BCUT2D eigenvalue weighted by Gasteiger charge is 2.69. The minimum Gasteiger partial charge on any atom is -0.381 e. The monoisotopic (exact) mass is 682 g/mol. The summed E-state index contributed by atoms with van der Waals surface area (Å²) in [6.45, 7) is 19.5. The highest BCUT2D eigenvalue weighted by Crippen LogP contribution is 2.65. The maximum Gasteiger partial charge on any atom is 0.229 e. The van der Waals surface area contributed by atoms with Crippen molar-refractivity contribution in [1.82, 2.24) is 9.80 Å². The van der Waals surface area contributed by atoms with Gasteiger partial charge >= 0.3 is 0 Å². The van der Waals surface area contributed by atoms with Gasteiger partial charge in [0.15, 0.2) is 11.6 Å². The summed E-state index contributed by atoms with van der Waals surface area (Å²) in [5, 5.41) is 0. The molecule has 0 unspecified atom stereocenters. The molecule has 9 heteroatoms. The van der Waals surface area contributed by atoms with Gasteiger partial charge in [0.2, 0.25) is 23.5 Å². The smallest absolute Gasteiger partial charge is 0.229 e.